The van der Waals surface area contributed by atoms with E-state index in [0.29, 0.717) is 13.0 Å². The van der Waals surface area contributed by atoms with Crippen molar-refractivity contribution in [2.45, 2.75) is 32.4 Å². The molecule has 1 aliphatic heterocycles. The molecule has 25 heavy (non-hydrogen) atoms. The van der Waals surface area contributed by atoms with Crippen LogP contribution < -0.4 is 5.32 Å². The molecule has 2 rings (SSSR count). The summed E-state index contributed by atoms with van der Waals surface area (Å²) in [5, 5.41) is 2.80. The van der Waals surface area contributed by atoms with Crippen LogP contribution in [0.5, 0.6) is 0 Å². The molecule has 0 radical (unpaired) electrons. The maximum Gasteiger partial charge on any atom is 0.416 e. The van der Waals surface area contributed by atoms with Crippen molar-refractivity contribution in [2.75, 3.05) is 39.3 Å². The second-order valence-electron chi connectivity index (χ2n) is 6.32. The third-order valence-electron chi connectivity index (χ3n) is 4.43. The first-order valence-corrected chi connectivity index (χ1v) is 8.81. The molecule has 1 aromatic rings. The number of carbonyl (C=O) groups is 1. The first kappa shape index (κ1) is 19.6. The molecule has 0 atom stereocenters. The Morgan fingerprint density at radius 1 is 1.16 bits per heavy atom. The summed E-state index contributed by atoms with van der Waals surface area (Å²) < 4.78 is 38.1. The van der Waals surface area contributed by atoms with Crippen LogP contribution in [0.4, 0.5) is 18.0 Å². The fourth-order valence-electron chi connectivity index (χ4n) is 3.01. The van der Waals surface area contributed by atoms with Crippen molar-refractivity contribution in [3.63, 3.8) is 0 Å². The van der Waals surface area contributed by atoms with E-state index in [1.165, 1.54) is 12.1 Å². The van der Waals surface area contributed by atoms with Crippen molar-refractivity contribution < 1.29 is 18.0 Å². The highest BCUT2D eigenvalue weighted by Gasteiger charge is 2.30. The third-order valence-corrected chi connectivity index (χ3v) is 4.43. The van der Waals surface area contributed by atoms with Gasteiger partial charge in [0, 0.05) is 32.7 Å². The summed E-state index contributed by atoms with van der Waals surface area (Å²) >= 11 is 0. The number of alkyl halides is 3. The summed E-state index contributed by atoms with van der Waals surface area (Å²) in [5.74, 6) is 0. The summed E-state index contributed by atoms with van der Waals surface area (Å²) in [5.41, 5.74) is 0.155. The molecule has 1 aliphatic rings. The number of nitrogens with zero attached hydrogens (tertiary/aromatic N) is 2. The number of piperazine rings is 1. The van der Waals surface area contributed by atoms with Gasteiger partial charge in [-0.25, -0.2) is 4.79 Å². The molecule has 4 nitrogen and oxygen atoms in total. The van der Waals surface area contributed by atoms with E-state index in [-0.39, 0.29) is 6.03 Å². The number of hydrogen-bond donors (Lipinski definition) is 1. The van der Waals surface area contributed by atoms with Crippen molar-refractivity contribution in [2.24, 2.45) is 0 Å². The van der Waals surface area contributed by atoms with E-state index in [0.717, 1.165) is 57.2 Å². The number of hydrogen-bond acceptors (Lipinski definition) is 2. The van der Waals surface area contributed by atoms with Gasteiger partial charge in [0.25, 0.3) is 0 Å². The lowest BCUT2D eigenvalue weighted by Crippen LogP contribution is -2.51. The number of unbranched alkanes of at least 4 members (excludes halogenated alkanes) is 1. The predicted molar refractivity (Wildman–Crippen MR) is 91.5 cm³/mol. The quantitative estimate of drug-likeness (QED) is 0.793. The van der Waals surface area contributed by atoms with Crippen LogP contribution >= 0.6 is 0 Å². The Labute approximate surface area is 147 Å². The second-order valence-corrected chi connectivity index (χ2v) is 6.32. The molecule has 0 aromatic heterocycles. The third kappa shape index (κ3) is 6.23. The molecule has 0 bridgehead atoms. The molecule has 0 aliphatic carbocycles. The molecule has 0 saturated carbocycles. The van der Waals surface area contributed by atoms with Crippen LogP contribution in [0.25, 0.3) is 0 Å². The molecular formula is C18H26F3N3O. The minimum Gasteiger partial charge on any atom is -0.338 e. The van der Waals surface area contributed by atoms with Crippen molar-refractivity contribution >= 4 is 6.03 Å². The Bertz CT molecular complexity index is 555. The van der Waals surface area contributed by atoms with Crippen molar-refractivity contribution in [3.05, 3.63) is 35.4 Å². The van der Waals surface area contributed by atoms with Gasteiger partial charge in [-0.3, -0.25) is 4.90 Å². The zero-order valence-corrected chi connectivity index (χ0v) is 14.6. The molecule has 7 heteroatoms. The number of amides is 2. The maximum absolute atomic E-state index is 12.7. The van der Waals surface area contributed by atoms with Crippen LogP contribution in [-0.4, -0.2) is 55.1 Å². The zero-order valence-electron chi connectivity index (χ0n) is 14.6. The van der Waals surface area contributed by atoms with Gasteiger partial charge in [0.05, 0.1) is 5.56 Å². The summed E-state index contributed by atoms with van der Waals surface area (Å²) in [4.78, 5) is 15.9. The Morgan fingerprint density at radius 2 is 1.88 bits per heavy atom. The SMILES string of the molecule is CCNC(=O)N1CCN(CCCCc2cccc(C(F)(F)F)c2)CC1. The number of halogens is 3. The first-order chi connectivity index (χ1) is 11.9. The topological polar surface area (TPSA) is 35.6 Å². The largest absolute Gasteiger partial charge is 0.416 e. The second kappa shape index (κ2) is 9.08. The summed E-state index contributed by atoms with van der Waals surface area (Å²) in [7, 11) is 0. The van der Waals surface area contributed by atoms with Crippen LogP contribution in [0, 0.1) is 0 Å². The highest BCUT2D eigenvalue weighted by molar-refractivity contribution is 5.74. The lowest BCUT2D eigenvalue weighted by Gasteiger charge is -2.34. The van der Waals surface area contributed by atoms with Gasteiger partial charge in [-0.1, -0.05) is 18.2 Å². The average Bonchev–Trinajstić information content (AvgIpc) is 2.59. The van der Waals surface area contributed by atoms with E-state index in [1.807, 2.05) is 11.8 Å². The van der Waals surface area contributed by atoms with Gasteiger partial charge in [0.2, 0.25) is 0 Å². The lowest BCUT2D eigenvalue weighted by molar-refractivity contribution is -0.137. The monoisotopic (exact) mass is 357 g/mol. The summed E-state index contributed by atoms with van der Waals surface area (Å²) in [6.07, 6.45) is -1.82. The molecular weight excluding hydrogens is 331 g/mol. The molecule has 0 spiro atoms. The number of aryl methyl sites for hydroxylation is 1. The van der Waals surface area contributed by atoms with Gasteiger partial charge in [-0.05, 0) is 44.4 Å². The minimum absolute atomic E-state index is 0.00769. The van der Waals surface area contributed by atoms with Gasteiger partial charge in [-0.2, -0.15) is 13.2 Å². The molecule has 1 heterocycles. The average molecular weight is 357 g/mol. The Balaban J connectivity index is 1.67. The number of benzene rings is 1. The predicted octanol–water partition coefficient (Wildman–Crippen LogP) is 3.38. The first-order valence-electron chi connectivity index (χ1n) is 8.81. The highest BCUT2D eigenvalue weighted by Crippen LogP contribution is 2.29. The van der Waals surface area contributed by atoms with Crippen molar-refractivity contribution in [1.29, 1.82) is 0 Å². The molecule has 140 valence electrons. The summed E-state index contributed by atoms with van der Waals surface area (Å²) in [6, 6.07) is 5.56. The van der Waals surface area contributed by atoms with E-state index in [1.54, 1.807) is 6.07 Å². The van der Waals surface area contributed by atoms with E-state index >= 15 is 0 Å². The van der Waals surface area contributed by atoms with E-state index in [2.05, 4.69) is 10.2 Å². The lowest BCUT2D eigenvalue weighted by atomic mass is 10.0. The molecule has 1 saturated heterocycles. The minimum atomic E-state index is -4.28. The van der Waals surface area contributed by atoms with Gasteiger partial charge in [-0.15, -0.1) is 0 Å². The molecule has 1 fully saturated rings. The van der Waals surface area contributed by atoms with Crippen LogP contribution in [0.2, 0.25) is 0 Å². The molecule has 1 aromatic carbocycles. The van der Waals surface area contributed by atoms with E-state index in [4.69, 9.17) is 0 Å². The smallest absolute Gasteiger partial charge is 0.338 e. The molecule has 0 unspecified atom stereocenters. The van der Waals surface area contributed by atoms with E-state index in [9.17, 15) is 18.0 Å². The van der Waals surface area contributed by atoms with Gasteiger partial charge in [0.1, 0.15) is 0 Å². The van der Waals surface area contributed by atoms with Crippen molar-refractivity contribution in [3.8, 4) is 0 Å². The fraction of sp³-hybridized carbons (Fsp3) is 0.611. The number of carbonyl (C=O) groups excluding carboxylic acids is 1. The van der Waals surface area contributed by atoms with Gasteiger partial charge in [0.15, 0.2) is 0 Å². The Kier molecular flexibility index (Phi) is 7.11. The van der Waals surface area contributed by atoms with Crippen LogP contribution in [0.3, 0.4) is 0 Å². The Morgan fingerprint density at radius 3 is 2.52 bits per heavy atom. The fourth-order valence-corrected chi connectivity index (χ4v) is 3.01. The maximum atomic E-state index is 12.7. The molecule has 1 N–H and O–H groups in total. The van der Waals surface area contributed by atoms with Crippen molar-refractivity contribution in [1.82, 2.24) is 15.1 Å². The zero-order chi connectivity index (χ0) is 18.3. The van der Waals surface area contributed by atoms with Crippen LogP contribution in [-0.2, 0) is 12.6 Å². The van der Waals surface area contributed by atoms with Crippen LogP contribution in [0.15, 0.2) is 24.3 Å². The van der Waals surface area contributed by atoms with Crippen LogP contribution in [0.1, 0.15) is 30.9 Å². The number of rotatable bonds is 6. The standard InChI is InChI=1S/C18H26F3N3O/c1-2-22-17(25)24-12-10-23(11-13-24)9-4-3-6-15-7-5-8-16(14-15)18(19,20)21/h5,7-8,14H,2-4,6,9-13H2,1H3,(H,22,25). The van der Waals surface area contributed by atoms with Gasteiger partial charge >= 0.3 is 12.2 Å². The Hall–Kier alpha value is -1.76. The number of nitrogens with one attached hydrogen (secondary N) is 1. The van der Waals surface area contributed by atoms with Gasteiger partial charge < -0.3 is 10.2 Å². The van der Waals surface area contributed by atoms with E-state index < -0.39 is 11.7 Å². The normalized spacial score (nSPS) is 16.1. The highest BCUT2D eigenvalue weighted by atomic mass is 19.4. The summed E-state index contributed by atoms with van der Waals surface area (Å²) in [6.45, 7) is 6.59. The number of urea groups is 1. The molecule has 2 amide bonds.